The molecule has 0 saturated carbocycles. The number of anilines is 2. The number of halogens is 1. The number of benzene rings is 2. The van der Waals surface area contributed by atoms with E-state index in [0.29, 0.717) is 10.7 Å². The lowest BCUT2D eigenvalue weighted by molar-refractivity contribution is 0.102. The third kappa shape index (κ3) is 3.51. The number of aromatic nitrogens is 1. The van der Waals surface area contributed by atoms with Crippen molar-refractivity contribution in [2.75, 3.05) is 23.3 Å². The molecule has 1 N–H and O–H groups in total. The van der Waals surface area contributed by atoms with Crippen LogP contribution >= 0.6 is 11.6 Å². The van der Waals surface area contributed by atoms with Gasteiger partial charge in [-0.2, -0.15) is 0 Å². The molecular formula is C21H20ClN3O. The fourth-order valence-corrected chi connectivity index (χ4v) is 3.52. The van der Waals surface area contributed by atoms with Crippen LogP contribution in [0.1, 0.15) is 23.7 Å². The topological polar surface area (TPSA) is 45.2 Å². The molecule has 26 heavy (non-hydrogen) atoms. The Morgan fingerprint density at radius 1 is 1.15 bits per heavy atom. The van der Waals surface area contributed by atoms with Crippen LogP contribution in [0.25, 0.3) is 10.9 Å². The number of carbonyl (C=O) groups is 1. The zero-order valence-corrected chi connectivity index (χ0v) is 15.3. The molecule has 2 heterocycles. The van der Waals surface area contributed by atoms with Gasteiger partial charge in [0.1, 0.15) is 5.15 Å². The standard InChI is InChI=1S/C21H20ClN3O/c1-14-10-11-25(13-14)18-6-4-17(5-7-18)23-21(26)16-2-8-19-15(12-16)3-9-20(22)24-19/h2-9,12,14H,10-11,13H2,1H3,(H,23,26). The molecule has 4 rings (SSSR count). The highest BCUT2D eigenvalue weighted by atomic mass is 35.5. The van der Waals surface area contributed by atoms with Crippen LogP contribution in [0.4, 0.5) is 11.4 Å². The summed E-state index contributed by atoms with van der Waals surface area (Å²) in [5.41, 5.74) is 3.37. The first-order chi connectivity index (χ1) is 12.6. The van der Waals surface area contributed by atoms with E-state index in [1.54, 1.807) is 12.1 Å². The Morgan fingerprint density at radius 2 is 1.96 bits per heavy atom. The zero-order chi connectivity index (χ0) is 18.1. The fraction of sp³-hybridized carbons (Fsp3) is 0.238. The quantitative estimate of drug-likeness (QED) is 0.665. The molecule has 1 atom stereocenters. The van der Waals surface area contributed by atoms with Gasteiger partial charge in [0, 0.05) is 35.4 Å². The summed E-state index contributed by atoms with van der Waals surface area (Å²) >= 11 is 5.90. The summed E-state index contributed by atoms with van der Waals surface area (Å²) in [6.45, 7) is 4.48. The van der Waals surface area contributed by atoms with E-state index in [1.165, 1.54) is 12.1 Å². The van der Waals surface area contributed by atoms with Crippen LogP contribution in [0.5, 0.6) is 0 Å². The van der Waals surface area contributed by atoms with Crippen molar-refractivity contribution in [1.82, 2.24) is 4.98 Å². The number of carbonyl (C=O) groups excluding carboxylic acids is 1. The van der Waals surface area contributed by atoms with Gasteiger partial charge in [-0.05, 0) is 66.9 Å². The van der Waals surface area contributed by atoms with Crippen molar-refractivity contribution in [3.8, 4) is 0 Å². The Labute approximate surface area is 157 Å². The predicted octanol–water partition coefficient (Wildman–Crippen LogP) is 4.99. The fourth-order valence-electron chi connectivity index (χ4n) is 3.37. The molecular weight excluding hydrogens is 346 g/mol. The van der Waals surface area contributed by atoms with Crippen LogP contribution in [0.15, 0.2) is 54.6 Å². The van der Waals surface area contributed by atoms with Crippen LogP contribution in [0, 0.1) is 5.92 Å². The van der Waals surface area contributed by atoms with Gasteiger partial charge in [0.25, 0.3) is 5.91 Å². The predicted molar refractivity (Wildman–Crippen MR) is 107 cm³/mol. The minimum Gasteiger partial charge on any atom is -0.371 e. The van der Waals surface area contributed by atoms with E-state index in [-0.39, 0.29) is 5.91 Å². The SMILES string of the molecule is CC1CCN(c2ccc(NC(=O)c3ccc4nc(Cl)ccc4c3)cc2)C1. The number of pyridine rings is 1. The molecule has 1 aromatic heterocycles. The van der Waals surface area contributed by atoms with E-state index in [2.05, 4.69) is 34.3 Å². The lowest BCUT2D eigenvalue weighted by Crippen LogP contribution is -2.19. The number of nitrogens with zero attached hydrogens (tertiary/aromatic N) is 2. The largest absolute Gasteiger partial charge is 0.371 e. The molecule has 132 valence electrons. The maximum Gasteiger partial charge on any atom is 0.255 e. The van der Waals surface area contributed by atoms with Gasteiger partial charge < -0.3 is 10.2 Å². The van der Waals surface area contributed by atoms with E-state index < -0.39 is 0 Å². The smallest absolute Gasteiger partial charge is 0.255 e. The van der Waals surface area contributed by atoms with E-state index >= 15 is 0 Å². The van der Waals surface area contributed by atoms with Crippen LogP contribution in [-0.4, -0.2) is 24.0 Å². The minimum absolute atomic E-state index is 0.135. The van der Waals surface area contributed by atoms with Gasteiger partial charge >= 0.3 is 0 Å². The first kappa shape index (κ1) is 16.9. The Morgan fingerprint density at radius 3 is 2.69 bits per heavy atom. The average Bonchev–Trinajstić information content (AvgIpc) is 3.08. The Kier molecular flexibility index (Phi) is 4.51. The van der Waals surface area contributed by atoms with Crippen molar-refractivity contribution in [1.29, 1.82) is 0 Å². The first-order valence-corrected chi connectivity index (χ1v) is 9.19. The molecule has 1 saturated heterocycles. The monoisotopic (exact) mass is 365 g/mol. The molecule has 4 nitrogen and oxygen atoms in total. The maximum atomic E-state index is 12.5. The highest BCUT2D eigenvalue weighted by molar-refractivity contribution is 6.29. The number of nitrogens with one attached hydrogen (secondary N) is 1. The van der Waals surface area contributed by atoms with E-state index in [0.717, 1.165) is 35.6 Å². The first-order valence-electron chi connectivity index (χ1n) is 8.81. The highest BCUT2D eigenvalue weighted by Crippen LogP contribution is 2.25. The molecule has 0 bridgehead atoms. The summed E-state index contributed by atoms with van der Waals surface area (Å²) in [7, 11) is 0. The van der Waals surface area contributed by atoms with Crippen molar-refractivity contribution in [3.05, 3.63) is 65.3 Å². The van der Waals surface area contributed by atoms with Crippen LogP contribution in [0.3, 0.4) is 0 Å². The second-order valence-corrected chi connectivity index (χ2v) is 7.27. The van der Waals surface area contributed by atoms with Gasteiger partial charge in [-0.25, -0.2) is 4.98 Å². The molecule has 0 spiro atoms. The van der Waals surface area contributed by atoms with Crippen molar-refractivity contribution < 1.29 is 4.79 Å². The van der Waals surface area contributed by atoms with Gasteiger partial charge in [0.2, 0.25) is 0 Å². The van der Waals surface area contributed by atoms with Crippen molar-refractivity contribution in [3.63, 3.8) is 0 Å². The lowest BCUT2D eigenvalue weighted by Gasteiger charge is -2.18. The lowest BCUT2D eigenvalue weighted by atomic mass is 10.1. The normalized spacial score (nSPS) is 16.8. The Hall–Kier alpha value is -2.59. The second-order valence-electron chi connectivity index (χ2n) is 6.88. The molecule has 1 unspecified atom stereocenters. The molecule has 1 aliphatic heterocycles. The van der Waals surface area contributed by atoms with Crippen LogP contribution in [0.2, 0.25) is 5.15 Å². The summed E-state index contributed by atoms with van der Waals surface area (Å²) in [5, 5.41) is 4.29. The number of amides is 1. The van der Waals surface area contributed by atoms with Crippen molar-refractivity contribution in [2.24, 2.45) is 5.92 Å². The van der Waals surface area contributed by atoms with Gasteiger partial charge in [0.05, 0.1) is 5.52 Å². The summed E-state index contributed by atoms with van der Waals surface area (Å²) in [6, 6.07) is 17.1. The van der Waals surface area contributed by atoms with E-state index in [9.17, 15) is 4.79 Å². The molecule has 3 aromatic rings. The summed E-state index contributed by atoms with van der Waals surface area (Å²) in [4.78, 5) is 19.2. The number of fused-ring (bicyclic) bond motifs is 1. The highest BCUT2D eigenvalue weighted by Gasteiger charge is 2.18. The molecule has 1 fully saturated rings. The van der Waals surface area contributed by atoms with Crippen LogP contribution in [-0.2, 0) is 0 Å². The zero-order valence-electron chi connectivity index (χ0n) is 14.6. The van der Waals surface area contributed by atoms with Gasteiger partial charge in [-0.1, -0.05) is 18.5 Å². The number of hydrogen-bond donors (Lipinski definition) is 1. The Balaban J connectivity index is 1.48. The molecule has 0 aliphatic carbocycles. The van der Waals surface area contributed by atoms with Crippen LogP contribution < -0.4 is 10.2 Å². The number of hydrogen-bond acceptors (Lipinski definition) is 3. The molecule has 1 aliphatic rings. The van der Waals surface area contributed by atoms with Gasteiger partial charge in [-0.15, -0.1) is 0 Å². The molecule has 5 heteroatoms. The Bertz CT molecular complexity index is 955. The number of rotatable bonds is 3. The van der Waals surface area contributed by atoms with E-state index in [1.807, 2.05) is 30.3 Å². The van der Waals surface area contributed by atoms with Crippen molar-refractivity contribution >= 4 is 39.8 Å². The summed E-state index contributed by atoms with van der Waals surface area (Å²) in [6.07, 6.45) is 1.24. The molecule has 0 radical (unpaired) electrons. The second kappa shape index (κ2) is 6.96. The van der Waals surface area contributed by atoms with Crippen molar-refractivity contribution in [2.45, 2.75) is 13.3 Å². The maximum absolute atomic E-state index is 12.5. The third-order valence-electron chi connectivity index (χ3n) is 4.83. The molecule has 2 aromatic carbocycles. The van der Waals surface area contributed by atoms with Gasteiger partial charge in [-0.3, -0.25) is 4.79 Å². The summed E-state index contributed by atoms with van der Waals surface area (Å²) < 4.78 is 0. The average molecular weight is 366 g/mol. The molecule has 1 amide bonds. The summed E-state index contributed by atoms with van der Waals surface area (Å²) in [5.74, 6) is 0.607. The van der Waals surface area contributed by atoms with E-state index in [4.69, 9.17) is 11.6 Å². The van der Waals surface area contributed by atoms with Gasteiger partial charge in [0.15, 0.2) is 0 Å². The third-order valence-corrected chi connectivity index (χ3v) is 5.04. The minimum atomic E-state index is -0.135.